The molecule has 1 heterocycles. The van der Waals surface area contributed by atoms with E-state index in [0.717, 1.165) is 5.56 Å². The molecule has 0 saturated carbocycles. The van der Waals surface area contributed by atoms with E-state index < -0.39 is 15.7 Å². The average molecular weight is 446 g/mol. The van der Waals surface area contributed by atoms with E-state index in [1.54, 1.807) is 49.6 Å². The van der Waals surface area contributed by atoms with Crippen LogP contribution >= 0.6 is 11.6 Å². The molecule has 0 aliphatic carbocycles. The van der Waals surface area contributed by atoms with E-state index in [2.05, 4.69) is 0 Å². The third kappa shape index (κ3) is 4.75. The lowest BCUT2D eigenvalue weighted by molar-refractivity contribution is 0.264. The molecule has 0 atom stereocenters. The summed E-state index contributed by atoms with van der Waals surface area (Å²) in [6.07, 6.45) is 3.75. The van der Waals surface area contributed by atoms with Crippen LogP contribution in [0.2, 0.25) is 5.02 Å². The second-order valence-corrected chi connectivity index (χ2v) is 8.21. The average Bonchev–Trinajstić information content (AvgIpc) is 2.76. The van der Waals surface area contributed by atoms with Crippen LogP contribution in [0.15, 0.2) is 70.4 Å². The van der Waals surface area contributed by atoms with Gasteiger partial charge in [-0.2, -0.15) is 8.42 Å². The van der Waals surface area contributed by atoms with Gasteiger partial charge < -0.3 is 4.74 Å². The Morgan fingerprint density at radius 3 is 2.30 bits per heavy atom. The predicted molar refractivity (Wildman–Crippen MR) is 117 cm³/mol. The van der Waals surface area contributed by atoms with Gasteiger partial charge in [-0.05, 0) is 47.9 Å². The van der Waals surface area contributed by atoms with E-state index in [1.165, 1.54) is 18.2 Å². The summed E-state index contributed by atoms with van der Waals surface area (Å²) in [5, 5.41) is 0.241. The monoisotopic (exact) mass is 445 g/mol. The zero-order chi connectivity index (χ0) is 21.7. The SMILES string of the molecule is CCc1cc(=O)n(OS(=O)(=O)c2ccccc2)c(/C=C/c2ccc(OC)cc2)c1Cl. The Hall–Kier alpha value is -3.03. The molecule has 2 aromatic carbocycles. The fourth-order valence-corrected chi connectivity index (χ4v) is 3.99. The van der Waals surface area contributed by atoms with Crippen LogP contribution in [-0.4, -0.2) is 20.3 Å². The Bertz CT molecular complexity index is 1220. The van der Waals surface area contributed by atoms with Crippen LogP contribution in [-0.2, 0) is 16.5 Å². The summed E-state index contributed by atoms with van der Waals surface area (Å²) in [6, 6.07) is 16.1. The molecule has 0 spiro atoms. The zero-order valence-corrected chi connectivity index (χ0v) is 18.0. The molecule has 0 amide bonds. The number of rotatable bonds is 7. The van der Waals surface area contributed by atoms with Crippen molar-refractivity contribution in [2.24, 2.45) is 0 Å². The number of benzene rings is 2. The highest BCUT2D eigenvalue weighted by molar-refractivity contribution is 7.87. The van der Waals surface area contributed by atoms with E-state index in [-0.39, 0.29) is 15.6 Å². The normalized spacial score (nSPS) is 11.6. The fraction of sp³-hybridized carbons (Fsp3) is 0.136. The lowest BCUT2D eigenvalue weighted by Gasteiger charge is -2.14. The van der Waals surface area contributed by atoms with Crippen LogP contribution in [0.5, 0.6) is 5.75 Å². The minimum Gasteiger partial charge on any atom is -0.497 e. The maximum Gasteiger partial charge on any atom is 0.357 e. The largest absolute Gasteiger partial charge is 0.497 e. The van der Waals surface area contributed by atoms with Crippen molar-refractivity contribution in [3.63, 3.8) is 0 Å². The first-order valence-corrected chi connectivity index (χ1v) is 10.9. The van der Waals surface area contributed by atoms with E-state index in [9.17, 15) is 13.2 Å². The Balaban J connectivity index is 2.07. The van der Waals surface area contributed by atoms with Gasteiger partial charge in [-0.1, -0.05) is 54.9 Å². The number of hydrogen-bond acceptors (Lipinski definition) is 5. The van der Waals surface area contributed by atoms with Crippen LogP contribution in [0.25, 0.3) is 12.2 Å². The van der Waals surface area contributed by atoms with Gasteiger partial charge in [-0.15, -0.1) is 4.73 Å². The van der Waals surface area contributed by atoms with Gasteiger partial charge in [-0.25, -0.2) is 0 Å². The molecule has 0 aliphatic rings. The van der Waals surface area contributed by atoms with Gasteiger partial charge in [-0.3, -0.25) is 9.08 Å². The molecule has 8 heteroatoms. The Kier molecular flexibility index (Phi) is 6.64. The molecule has 0 aliphatic heterocycles. The maximum absolute atomic E-state index is 12.7. The molecule has 0 unspecified atom stereocenters. The first-order valence-electron chi connectivity index (χ1n) is 9.12. The molecule has 3 rings (SSSR count). The highest BCUT2D eigenvalue weighted by atomic mass is 35.5. The van der Waals surface area contributed by atoms with Crippen LogP contribution in [0, 0.1) is 0 Å². The summed E-state index contributed by atoms with van der Waals surface area (Å²) in [5.74, 6) is 0.701. The summed E-state index contributed by atoms with van der Waals surface area (Å²) in [7, 11) is -2.66. The van der Waals surface area contributed by atoms with E-state index in [0.29, 0.717) is 22.5 Å². The molecule has 30 heavy (non-hydrogen) atoms. The van der Waals surface area contributed by atoms with Gasteiger partial charge in [0.1, 0.15) is 16.3 Å². The molecular weight excluding hydrogens is 426 g/mol. The minimum absolute atomic E-state index is 0.0716. The molecule has 0 N–H and O–H groups in total. The lowest BCUT2D eigenvalue weighted by atomic mass is 10.1. The van der Waals surface area contributed by atoms with Crippen molar-refractivity contribution in [2.45, 2.75) is 18.2 Å². The molecule has 3 aromatic rings. The van der Waals surface area contributed by atoms with Crippen molar-refractivity contribution in [3.05, 3.63) is 92.9 Å². The van der Waals surface area contributed by atoms with Gasteiger partial charge >= 0.3 is 10.1 Å². The Morgan fingerprint density at radius 1 is 1.03 bits per heavy atom. The molecular formula is C22H20ClNO5S. The highest BCUT2D eigenvalue weighted by Gasteiger charge is 2.21. The van der Waals surface area contributed by atoms with Crippen molar-refractivity contribution in [3.8, 4) is 5.75 Å². The molecule has 156 valence electrons. The summed E-state index contributed by atoms with van der Waals surface area (Å²) in [4.78, 5) is 12.6. The number of hydrogen-bond donors (Lipinski definition) is 0. The van der Waals surface area contributed by atoms with Crippen LogP contribution < -0.4 is 14.6 Å². The number of aryl methyl sites for hydroxylation is 1. The number of methoxy groups -OCH3 is 1. The second-order valence-electron chi connectivity index (χ2n) is 6.30. The molecule has 0 fully saturated rings. The van der Waals surface area contributed by atoms with Gasteiger partial charge in [0.15, 0.2) is 0 Å². The van der Waals surface area contributed by atoms with Gasteiger partial charge in [0.05, 0.1) is 12.1 Å². The topological polar surface area (TPSA) is 74.6 Å². The first kappa shape index (κ1) is 21.7. The number of halogens is 1. The van der Waals surface area contributed by atoms with Crippen LogP contribution in [0.1, 0.15) is 23.7 Å². The summed E-state index contributed by atoms with van der Waals surface area (Å²) >= 11 is 6.47. The number of aromatic nitrogens is 1. The molecule has 6 nitrogen and oxygen atoms in total. The van der Waals surface area contributed by atoms with Crippen molar-refractivity contribution >= 4 is 33.9 Å². The highest BCUT2D eigenvalue weighted by Crippen LogP contribution is 2.23. The lowest BCUT2D eigenvalue weighted by Crippen LogP contribution is -2.33. The number of nitrogens with zero attached hydrogens (tertiary/aromatic N) is 1. The van der Waals surface area contributed by atoms with E-state index in [1.807, 2.05) is 19.1 Å². The maximum atomic E-state index is 12.7. The third-order valence-corrected chi connectivity index (χ3v) is 5.99. The third-order valence-electron chi connectivity index (χ3n) is 4.36. The quantitative estimate of drug-likeness (QED) is 0.548. The summed E-state index contributed by atoms with van der Waals surface area (Å²) < 4.78 is 36.3. The van der Waals surface area contributed by atoms with Crippen molar-refractivity contribution in [1.82, 2.24) is 4.73 Å². The molecule has 0 saturated heterocycles. The molecule has 1 aromatic heterocycles. The van der Waals surface area contributed by atoms with Gasteiger partial charge in [0.2, 0.25) is 0 Å². The standard InChI is InChI=1S/C22H20ClNO5S/c1-3-17-15-21(25)24(29-30(26,27)19-7-5-4-6-8-19)20(22(17)23)14-11-16-9-12-18(28-2)13-10-16/h4-15H,3H2,1-2H3/b14-11+. The van der Waals surface area contributed by atoms with Crippen LogP contribution in [0.4, 0.5) is 0 Å². The smallest absolute Gasteiger partial charge is 0.357 e. The minimum atomic E-state index is -4.23. The van der Waals surface area contributed by atoms with Crippen molar-refractivity contribution in [1.29, 1.82) is 0 Å². The first-order chi connectivity index (χ1) is 14.4. The number of ether oxygens (including phenoxy) is 1. The fourth-order valence-electron chi connectivity index (χ4n) is 2.74. The zero-order valence-electron chi connectivity index (χ0n) is 16.4. The van der Waals surface area contributed by atoms with Crippen molar-refractivity contribution in [2.75, 3.05) is 7.11 Å². The summed E-state index contributed by atoms with van der Waals surface area (Å²) in [5.41, 5.74) is 0.896. The Morgan fingerprint density at radius 2 is 1.70 bits per heavy atom. The van der Waals surface area contributed by atoms with Crippen LogP contribution in [0.3, 0.4) is 0 Å². The van der Waals surface area contributed by atoms with E-state index >= 15 is 0 Å². The second kappa shape index (κ2) is 9.19. The van der Waals surface area contributed by atoms with Gasteiger partial charge in [0, 0.05) is 6.07 Å². The molecule has 0 bridgehead atoms. The summed E-state index contributed by atoms with van der Waals surface area (Å²) in [6.45, 7) is 1.85. The van der Waals surface area contributed by atoms with Crippen molar-refractivity contribution < 1.29 is 17.4 Å². The van der Waals surface area contributed by atoms with E-state index in [4.69, 9.17) is 20.6 Å². The predicted octanol–water partition coefficient (Wildman–Crippen LogP) is 4.06. The molecule has 0 radical (unpaired) electrons. The van der Waals surface area contributed by atoms with Gasteiger partial charge in [0.25, 0.3) is 5.56 Å². The number of pyridine rings is 1. The Labute approximate surface area is 180 Å².